The van der Waals surface area contributed by atoms with Crippen molar-refractivity contribution in [2.45, 2.75) is 57.9 Å². The lowest BCUT2D eigenvalue weighted by molar-refractivity contribution is 0.512. The van der Waals surface area contributed by atoms with E-state index in [2.05, 4.69) is 17.0 Å². The van der Waals surface area contributed by atoms with Crippen LogP contribution in [0.1, 0.15) is 44.2 Å². The zero-order valence-corrected chi connectivity index (χ0v) is 13.9. The van der Waals surface area contributed by atoms with E-state index in [0.717, 1.165) is 36.1 Å². The fourth-order valence-corrected chi connectivity index (χ4v) is 4.30. The minimum absolute atomic E-state index is 0.00720. The lowest BCUT2D eigenvalue weighted by Crippen LogP contribution is -2.35. The van der Waals surface area contributed by atoms with Crippen molar-refractivity contribution >= 4 is 15.7 Å². The quantitative estimate of drug-likeness (QED) is 0.812. The Morgan fingerprint density at radius 3 is 2.10 bits per heavy atom. The molecule has 0 saturated carbocycles. The monoisotopic (exact) mass is 298 g/mol. The summed E-state index contributed by atoms with van der Waals surface area (Å²) in [4.78, 5) is 0.408. The fraction of sp³-hybridized carbons (Fsp3) is 0.600. The summed E-state index contributed by atoms with van der Waals surface area (Å²) in [6, 6.07) is 3.73. The Kier molecular flexibility index (Phi) is 6.02. The third kappa shape index (κ3) is 3.96. The number of anilines is 1. The molecular weight excluding hydrogens is 272 g/mol. The minimum atomic E-state index is -3.46. The van der Waals surface area contributed by atoms with Crippen molar-refractivity contribution in [3.63, 3.8) is 0 Å². The second-order valence-corrected chi connectivity index (χ2v) is 6.86. The standard InChI is InChI=1S/C15H26N2O2S/c1-6-8-13(7-2)17-20(18,19)15-11(3)9-14(16-5)10-12(15)4/h9-10,13,16-17H,6-8H2,1-5H3. The summed E-state index contributed by atoms with van der Waals surface area (Å²) in [6.07, 6.45) is 2.64. The van der Waals surface area contributed by atoms with Crippen molar-refractivity contribution in [1.29, 1.82) is 0 Å². The number of hydrogen-bond acceptors (Lipinski definition) is 3. The van der Waals surface area contributed by atoms with Crippen LogP contribution >= 0.6 is 0 Å². The van der Waals surface area contributed by atoms with E-state index in [0.29, 0.717) is 4.90 Å². The van der Waals surface area contributed by atoms with Gasteiger partial charge in [-0.05, 0) is 49.9 Å². The van der Waals surface area contributed by atoms with Crippen molar-refractivity contribution in [3.8, 4) is 0 Å². The molecule has 1 aromatic carbocycles. The molecule has 2 N–H and O–H groups in total. The van der Waals surface area contributed by atoms with Crippen LogP contribution in [0.4, 0.5) is 5.69 Å². The second-order valence-electron chi connectivity index (χ2n) is 5.20. The maximum absolute atomic E-state index is 12.6. The number of benzene rings is 1. The number of sulfonamides is 1. The fourth-order valence-electron chi connectivity index (χ4n) is 2.49. The Balaban J connectivity index is 3.15. The maximum Gasteiger partial charge on any atom is 0.241 e. The Labute approximate surface area is 123 Å². The van der Waals surface area contributed by atoms with Gasteiger partial charge in [0.1, 0.15) is 0 Å². The molecule has 0 heterocycles. The maximum atomic E-state index is 12.6. The first-order chi connectivity index (χ1) is 9.35. The molecule has 0 saturated heterocycles. The van der Waals surface area contributed by atoms with Gasteiger partial charge >= 0.3 is 0 Å². The molecule has 0 aliphatic carbocycles. The third-order valence-electron chi connectivity index (χ3n) is 3.47. The van der Waals surface area contributed by atoms with E-state index in [1.165, 1.54) is 0 Å². The average Bonchev–Trinajstić information content (AvgIpc) is 2.36. The van der Waals surface area contributed by atoms with E-state index in [-0.39, 0.29) is 6.04 Å². The van der Waals surface area contributed by atoms with E-state index >= 15 is 0 Å². The Bertz CT molecular complexity index is 530. The summed E-state index contributed by atoms with van der Waals surface area (Å²) in [7, 11) is -1.63. The Morgan fingerprint density at radius 2 is 1.70 bits per heavy atom. The normalized spacial score (nSPS) is 13.2. The van der Waals surface area contributed by atoms with Gasteiger partial charge in [0.05, 0.1) is 4.90 Å². The van der Waals surface area contributed by atoms with Gasteiger partial charge in [-0.15, -0.1) is 0 Å². The molecule has 0 aromatic heterocycles. The summed E-state index contributed by atoms with van der Waals surface area (Å²) in [5, 5.41) is 3.04. The molecule has 5 heteroatoms. The van der Waals surface area contributed by atoms with Gasteiger partial charge < -0.3 is 5.32 Å². The van der Waals surface area contributed by atoms with E-state index < -0.39 is 10.0 Å². The molecule has 1 rings (SSSR count). The summed E-state index contributed by atoms with van der Waals surface area (Å²) in [5.74, 6) is 0. The van der Waals surface area contributed by atoms with Crippen molar-refractivity contribution in [3.05, 3.63) is 23.3 Å². The summed E-state index contributed by atoms with van der Waals surface area (Å²) >= 11 is 0. The van der Waals surface area contributed by atoms with E-state index in [9.17, 15) is 8.42 Å². The zero-order valence-electron chi connectivity index (χ0n) is 13.1. The highest BCUT2D eigenvalue weighted by atomic mass is 32.2. The van der Waals surface area contributed by atoms with Gasteiger partial charge in [-0.3, -0.25) is 0 Å². The van der Waals surface area contributed by atoms with Gasteiger partial charge in [0.15, 0.2) is 0 Å². The van der Waals surface area contributed by atoms with Gasteiger partial charge in [-0.25, -0.2) is 13.1 Å². The van der Waals surface area contributed by atoms with Crippen LogP contribution in [-0.2, 0) is 10.0 Å². The molecule has 1 aromatic rings. The van der Waals surface area contributed by atoms with Crippen molar-refractivity contribution in [2.75, 3.05) is 12.4 Å². The molecule has 0 aliphatic heterocycles. The number of aryl methyl sites for hydroxylation is 2. The van der Waals surface area contributed by atoms with E-state index in [4.69, 9.17) is 0 Å². The molecule has 114 valence electrons. The van der Waals surface area contributed by atoms with Crippen molar-refractivity contribution < 1.29 is 8.42 Å². The van der Waals surface area contributed by atoms with Crippen LogP contribution in [-0.4, -0.2) is 21.5 Å². The van der Waals surface area contributed by atoms with Crippen molar-refractivity contribution in [2.24, 2.45) is 0 Å². The average molecular weight is 298 g/mol. The topological polar surface area (TPSA) is 58.2 Å². The molecule has 4 nitrogen and oxygen atoms in total. The summed E-state index contributed by atoms with van der Waals surface area (Å²) < 4.78 is 28.0. The third-order valence-corrected chi connectivity index (χ3v) is 5.29. The Morgan fingerprint density at radius 1 is 1.15 bits per heavy atom. The predicted octanol–water partition coefficient (Wildman–Crippen LogP) is 3.20. The zero-order chi connectivity index (χ0) is 15.3. The van der Waals surface area contributed by atoms with Crippen molar-refractivity contribution in [1.82, 2.24) is 4.72 Å². The molecule has 20 heavy (non-hydrogen) atoms. The van der Waals surface area contributed by atoms with Crippen LogP contribution in [0.2, 0.25) is 0 Å². The van der Waals surface area contributed by atoms with Crippen LogP contribution in [0.3, 0.4) is 0 Å². The van der Waals surface area contributed by atoms with Crippen LogP contribution in [0.25, 0.3) is 0 Å². The predicted molar refractivity (Wildman–Crippen MR) is 84.8 cm³/mol. The van der Waals surface area contributed by atoms with Gasteiger partial charge in [0, 0.05) is 18.8 Å². The van der Waals surface area contributed by atoms with Crippen LogP contribution in [0.15, 0.2) is 17.0 Å². The first-order valence-corrected chi connectivity index (χ1v) is 8.65. The molecule has 0 bridgehead atoms. The van der Waals surface area contributed by atoms with Gasteiger partial charge in [0.25, 0.3) is 0 Å². The number of nitrogens with one attached hydrogen (secondary N) is 2. The molecule has 0 radical (unpaired) electrons. The molecular formula is C15H26N2O2S. The minimum Gasteiger partial charge on any atom is -0.388 e. The lowest BCUT2D eigenvalue weighted by atomic mass is 10.1. The molecule has 0 aliphatic rings. The molecule has 0 spiro atoms. The van der Waals surface area contributed by atoms with E-state index in [1.54, 1.807) is 0 Å². The number of rotatable bonds is 7. The number of hydrogen-bond donors (Lipinski definition) is 2. The lowest BCUT2D eigenvalue weighted by Gasteiger charge is -2.19. The van der Waals surface area contributed by atoms with Crippen LogP contribution in [0, 0.1) is 13.8 Å². The highest BCUT2D eigenvalue weighted by molar-refractivity contribution is 7.89. The first kappa shape index (κ1) is 17.0. The Hall–Kier alpha value is -1.07. The van der Waals surface area contributed by atoms with Gasteiger partial charge in [-0.2, -0.15) is 0 Å². The highest BCUT2D eigenvalue weighted by Crippen LogP contribution is 2.24. The summed E-state index contributed by atoms with van der Waals surface area (Å²) in [6.45, 7) is 7.74. The molecule has 1 atom stereocenters. The molecule has 1 unspecified atom stereocenters. The van der Waals surface area contributed by atoms with Crippen LogP contribution in [0.5, 0.6) is 0 Å². The summed E-state index contributed by atoms with van der Waals surface area (Å²) in [5.41, 5.74) is 2.47. The SMILES string of the molecule is CCCC(CC)NS(=O)(=O)c1c(C)cc(NC)cc1C. The second kappa shape index (κ2) is 7.09. The molecule has 0 fully saturated rings. The highest BCUT2D eigenvalue weighted by Gasteiger charge is 2.22. The largest absolute Gasteiger partial charge is 0.388 e. The van der Waals surface area contributed by atoms with E-state index in [1.807, 2.05) is 40.0 Å². The molecule has 0 amide bonds. The van der Waals surface area contributed by atoms with Gasteiger partial charge in [-0.1, -0.05) is 20.3 Å². The smallest absolute Gasteiger partial charge is 0.241 e. The van der Waals surface area contributed by atoms with Crippen LogP contribution < -0.4 is 10.0 Å². The van der Waals surface area contributed by atoms with Gasteiger partial charge in [0.2, 0.25) is 10.0 Å². The first-order valence-electron chi connectivity index (χ1n) is 7.17.